The fourth-order valence-corrected chi connectivity index (χ4v) is 3.33. The molecule has 1 aliphatic heterocycles. The molecule has 2 aromatic rings. The highest BCUT2D eigenvalue weighted by atomic mass is 32.1. The molecule has 0 saturated heterocycles. The Bertz CT molecular complexity index is 786. The second-order valence-corrected chi connectivity index (χ2v) is 6.42. The summed E-state index contributed by atoms with van der Waals surface area (Å²) >= 11 is 0.997. The van der Waals surface area contributed by atoms with Crippen LogP contribution in [0.25, 0.3) is 5.57 Å². The maximum absolute atomic E-state index is 12.3. The number of esters is 1. The molecule has 2 heterocycles. The number of amides is 1. The average molecular weight is 357 g/mol. The monoisotopic (exact) mass is 357 g/mol. The lowest BCUT2D eigenvalue weighted by Gasteiger charge is -2.26. The van der Waals surface area contributed by atoms with Crippen LogP contribution in [-0.4, -0.2) is 46.1 Å². The van der Waals surface area contributed by atoms with E-state index in [0.29, 0.717) is 30.1 Å². The molecule has 0 atom stereocenters. The minimum absolute atomic E-state index is 0.188. The van der Waals surface area contributed by atoms with Crippen molar-refractivity contribution in [2.24, 2.45) is 0 Å². The van der Waals surface area contributed by atoms with E-state index in [9.17, 15) is 9.59 Å². The summed E-state index contributed by atoms with van der Waals surface area (Å²) in [6.45, 7) is 2.79. The van der Waals surface area contributed by atoms with Crippen molar-refractivity contribution in [3.05, 3.63) is 52.5 Å². The molecule has 0 unspecified atom stereocenters. The van der Waals surface area contributed by atoms with Crippen LogP contribution in [0, 0.1) is 0 Å². The van der Waals surface area contributed by atoms with Crippen LogP contribution < -0.4 is 0 Å². The highest BCUT2D eigenvalue weighted by molar-refractivity contribution is 7.07. The number of ether oxygens (including phenoxy) is 1. The van der Waals surface area contributed by atoms with E-state index in [-0.39, 0.29) is 12.5 Å². The predicted octanol–water partition coefficient (Wildman–Crippen LogP) is 2.57. The Labute approximate surface area is 150 Å². The van der Waals surface area contributed by atoms with Crippen LogP contribution in [0.2, 0.25) is 0 Å². The zero-order chi connectivity index (χ0) is 17.6. The standard InChI is InChI=1S/C18H19N3O3S/c1-2-15-17(25-20-19-15)18(23)24-12-16(22)21-10-8-14(9-11-21)13-6-4-3-5-7-13/h3-8H,2,9-12H2,1H3. The molecule has 1 aromatic heterocycles. The van der Waals surface area contributed by atoms with Crippen LogP contribution in [0.1, 0.15) is 34.3 Å². The van der Waals surface area contributed by atoms with E-state index in [1.807, 2.05) is 25.1 Å². The van der Waals surface area contributed by atoms with E-state index >= 15 is 0 Å². The Morgan fingerprint density at radius 2 is 2.08 bits per heavy atom. The number of aromatic nitrogens is 2. The minimum Gasteiger partial charge on any atom is -0.451 e. The number of rotatable bonds is 5. The summed E-state index contributed by atoms with van der Waals surface area (Å²) < 4.78 is 8.89. The third-order valence-electron chi connectivity index (χ3n) is 4.11. The van der Waals surface area contributed by atoms with Gasteiger partial charge in [0.2, 0.25) is 0 Å². The summed E-state index contributed by atoms with van der Waals surface area (Å²) in [6, 6.07) is 10.1. The lowest BCUT2D eigenvalue weighted by atomic mass is 10.00. The fraction of sp³-hybridized carbons (Fsp3) is 0.333. The maximum atomic E-state index is 12.3. The van der Waals surface area contributed by atoms with Gasteiger partial charge in [-0.3, -0.25) is 4.79 Å². The molecule has 0 radical (unpaired) electrons. The number of nitrogens with zero attached hydrogens (tertiary/aromatic N) is 3. The third kappa shape index (κ3) is 4.11. The van der Waals surface area contributed by atoms with E-state index in [1.165, 1.54) is 11.1 Å². The van der Waals surface area contributed by atoms with E-state index in [4.69, 9.17) is 4.74 Å². The van der Waals surface area contributed by atoms with Crippen molar-refractivity contribution in [2.75, 3.05) is 19.7 Å². The topological polar surface area (TPSA) is 72.4 Å². The van der Waals surface area contributed by atoms with Gasteiger partial charge in [-0.15, -0.1) is 5.10 Å². The Kier molecular flexibility index (Phi) is 5.55. The number of hydrogen-bond donors (Lipinski definition) is 0. The second kappa shape index (κ2) is 8.02. The van der Waals surface area contributed by atoms with Crippen molar-refractivity contribution < 1.29 is 14.3 Å². The van der Waals surface area contributed by atoms with Crippen molar-refractivity contribution in [3.63, 3.8) is 0 Å². The van der Waals surface area contributed by atoms with Gasteiger partial charge in [-0.25, -0.2) is 4.79 Å². The largest absolute Gasteiger partial charge is 0.451 e. The number of hydrogen-bond acceptors (Lipinski definition) is 6. The van der Waals surface area contributed by atoms with Gasteiger partial charge in [-0.05, 0) is 35.5 Å². The van der Waals surface area contributed by atoms with Crippen LogP contribution in [-0.2, 0) is 16.0 Å². The zero-order valence-corrected chi connectivity index (χ0v) is 14.8. The second-order valence-electron chi connectivity index (χ2n) is 5.66. The van der Waals surface area contributed by atoms with Crippen molar-refractivity contribution >= 4 is 29.0 Å². The summed E-state index contributed by atoms with van der Waals surface area (Å²) in [5.74, 6) is -0.718. The summed E-state index contributed by atoms with van der Waals surface area (Å²) in [5.41, 5.74) is 3.03. The predicted molar refractivity (Wildman–Crippen MR) is 95.2 cm³/mol. The van der Waals surface area contributed by atoms with E-state index < -0.39 is 5.97 Å². The van der Waals surface area contributed by atoms with Gasteiger partial charge in [0.15, 0.2) is 11.5 Å². The normalized spacial score (nSPS) is 14.1. The van der Waals surface area contributed by atoms with Crippen LogP contribution >= 0.6 is 11.5 Å². The summed E-state index contributed by atoms with van der Waals surface area (Å²) in [7, 11) is 0. The van der Waals surface area contributed by atoms with Crippen LogP contribution in [0.5, 0.6) is 0 Å². The number of benzene rings is 1. The van der Waals surface area contributed by atoms with Gasteiger partial charge in [0.1, 0.15) is 0 Å². The van der Waals surface area contributed by atoms with Crippen molar-refractivity contribution in [1.82, 2.24) is 14.5 Å². The van der Waals surface area contributed by atoms with Gasteiger partial charge in [0, 0.05) is 13.1 Å². The first-order valence-electron chi connectivity index (χ1n) is 8.19. The van der Waals surface area contributed by atoms with Crippen LogP contribution in [0.3, 0.4) is 0 Å². The number of aryl methyl sites for hydroxylation is 1. The molecule has 1 aromatic carbocycles. The van der Waals surface area contributed by atoms with Gasteiger partial charge in [0.25, 0.3) is 5.91 Å². The molecule has 0 bridgehead atoms. The molecule has 25 heavy (non-hydrogen) atoms. The Hall–Kier alpha value is -2.54. The smallest absolute Gasteiger partial charge is 0.352 e. The lowest BCUT2D eigenvalue weighted by molar-refractivity contribution is -0.134. The fourth-order valence-electron chi connectivity index (χ4n) is 2.69. The minimum atomic E-state index is -0.530. The molecule has 0 spiro atoms. The molecule has 7 heteroatoms. The Balaban J connectivity index is 1.53. The first kappa shape index (κ1) is 17.3. The molecular weight excluding hydrogens is 338 g/mol. The van der Waals surface area contributed by atoms with Crippen LogP contribution in [0.15, 0.2) is 36.4 Å². The van der Waals surface area contributed by atoms with E-state index in [0.717, 1.165) is 18.0 Å². The van der Waals surface area contributed by atoms with Crippen LogP contribution in [0.4, 0.5) is 0 Å². The summed E-state index contributed by atoms with van der Waals surface area (Å²) in [6.07, 6.45) is 3.46. The lowest BCUT2D eigenvalue weighted by Crippen LogP contribution is -2.37. The maximum Gasteiger partial charge on any atom is 0.352 e. The third-order valence-corrected chi connectivity index (χ3v) is 4.86. The number of carbonyl (C=O) groups is 2. The molecule has 0 saturated carbocycles. The Morgan fingerprint density at radius 1 is 1.28 bits per heavy atom. The highest BCUT2D eigenvalue weighted by Crippen LogP contribution is 2.22. The zero-order valence-electron chi connectivity index (χ0n) is 14.0. The molecule has 1 aliphatic rings. The summed E-state index contributed by atoms with van der Waals surface area (Å²) in [4.78, 5) is 26.4. The number of carbonyl (C=O) groups excluding carboxylic acids is 2. The van der Waals surface area contributed by atoms with Gasteiger partial charge in [0.05, 0.1) is 5.69 Å². The molecule has 130 valence electrons. The van der Waals surface area contributed by atoms with Gasteiger partial charge >= 0.3 is 5.97 Å². The first-order chi connectivity index (χ1) is 12.2. The van der Waals surface area contributed by atoms with Crippen molar-refractivity contribution in [2.45, 2.75) is 19.8 Å². The molecule has 0 aliphatic carbocycles. The van der Waals surface area contributed by atoms with Gasteiger partial charge in [-0.2, -0.15) is 0 Å². The van der Waals surface area contributed by atoms with E-state index in [1.54, 1.807) is 4.90 Å². The molecule has 0 N–H and O–H groups in total. The average Bonchev–Trinajstić information content (AvgIpc) is 3.15. The van der Waals surface area contributed by atoms with Crippen molar-refractivity contribution in [1.29, 1.82) is 0 Å². The molecule has 6 nitrogen and oxygen atoms in total. The van der Waals surface area contributed by atoms with Crippen molar-refractivity contribution in [3.8, 4) is 0 Å². The summed E-state index contributed by atoms with van der Waals surface area (Å²) in [5, 5.41) is 3.87. The highest BCUT2D eigenvalue weighted by Gasteiger charge is 2.21. The first-order valence-corrected chi connectivity index (χ1v) is 8.97. The SMILES string of the molecule is CCc1nnsc1C(=O)OCC(=O)N1CC=C(c2ccccc2)CC1. The Morgan fingerprint density at radius 3 is 2.76 bits per heavy atom. The molecule has 1 amide bonds. The molecular formula is C18H19N3O3S. The molecule has 3 rings (SSSR count). The van der Waals surface area contributed by atoms with Gasteiger partial charge < -0.3 is 9.64 Å². The quantitative estimate of drug-likeness (QED) is 0.769. The van der Waals surface area contributed by atoms with Gasteiger partial charge in [-0.1, -0.05) is 47.8 Å². The van der Waals surface area contributed by atoms with E-state index in [2.05, 4.69) is 27.8 Å². The molecule has 0 fully saturated rings.